The first-order valence-corrected chi connectivity index (χ1v) is 5.21. The van der Waals surface area contributed by atoms with E-state index in [1.807, 2.05) is 24.1 Å². The second kappa shape index (κ2) is 4.40. The molecule has 3 unspecified atom stereocenters. The molecule has 3 atom stereocenters. The van der Waals surface area contributed by atoms with Gasteiger partial charge in [0.25, 0.3) is 0 Å². The highest BCUT2D eigenvalue weighted by atomic mass is 16.8. The SMILES string of the molecule is CCOC1CCC2C(O)C=CCN2O1. The van der Waals surface area contributed by atoms with Crippen molar-refractivity contribution in [1.29, 1.82) is 0 Å². The van der Waals surface area contributed by atoms with Gasteiger partial charge in [-0.15, -0.1) is 0 Å². The summed E-state index contributed by atoms with van der Waals surface area (Å²) in [6, 6.07) is 0.108. The molecule has 80 valence electrons. The van der Waals surface area contributed by atoms with E-state index in [2.05, 4.69) is 0 Å². The van der Waals surface area contributed by atoms with E-state index in [0.29, 0.717) is 6.61 Å². The average molecular weight is 199 g/mol. The zero-order valence-electron chi connectivity index (χ0n) is 8.43. The molecule has 2 heterocycles. The molecule has 0 aromatic carbocycles. The van der Waals surface area contributed by atoms with Crippen molar-refractivity contribution in [2.24, 2.45) is 0 Å². The van der Waals surface area contributed by atoms with Gasteiger partial charge < -0.3 is 9.84 Å². The Morgan fingerprint density at radius 3 is 3.21 bits per heavy atom. The topological polar surface area (TPSA) is 41.9 Å². The first kappa shape index (κ1) is 10.1. The summed E-state index contributed by atoms with van der Waals surface area (Å²) in [6.07, 6.45) is 5.03. The maximum Gasteiger partial charge on any atom is 0.177 e. The van der Waals surface area contributed by atoms with E-state index < -0.39 is 6.10 Å². The maximum absolute atomic E-state index is 9.67. The second-order valence-corrected chi connectivity index (χ2v) is 3.65. The molecule has 0 aliphatic carbocycles. The molecule has 2 aliphatic rings. The summed E-state index contributed by atoms with van der Waals surface area (Å²) >= 11 is 0. The third-order valence-corrected chi connectivity index (χ3v) is 2.69. The molecule has 4 nitrogen and oxygen atoms in total. The summed E-state index contributed by atoms with van der Waals surface area (Å²) < 4.78 is 5.40. The standard InChI is InChI=1S/C10H17NO3/c1-2-13-10-6-5-8-9(12)4-3-7-11(8)14-10/h3-4,8-10,12H,2,5-7H2,1H3. The number of hydrogen-bond acceptors (Lipinski definition) is 4. The lowest BCUT2D eigenvalue weighted by Gasteiger charge is -2.41. The monoisotopic (exact) mass is 199 g/mol. The highest BCUT2D eigenvalue weighted by Gasteiger charge is 2.34. The van der Waals surface area contributed by atoms with Crippen molar-refractivity contribution >= 4 is 0 Å². The fraction of sp³-hybridized carbons (Fsp3) is 0.800. The van der Waals surface area contributed by atoms with Gasteiger partial charge in [-0.1, -0.05) is 12.2 Å². The normalized spacial score (nSPS) is 38.3. The Morgan fingerprint density at radius 2 is 2.43 bits per heavy atom. The second-order valence-electron chi connectivity index (χ2n) is 3.65. The van der Waals surface area contributed by atoms with Crippen molar-refractivity contribution in [3.63, 3.8) is 0 Å². The molecule has 0 spiro atoms. The maximum atomic E-state index is 9.67. The van der Waals surface area contributed by atoms with Crippen molar-refractivity contribution < 1.29 is 14.7 Å². The fourth-order valence-electron chi connectivity index (χ4n) is 1.98. The Bertz CT molecular complexity index is 219. The molecular formula is C10H17NO3. The van der Waals surface area contributed by atoms with Gasteiger partial charge in [-0.05, 0) is 13.3 Å². The number of ether oxygens (including phenoxy) is 1. The van der Waals surface area contributed by atoms with Crippen LogP contribution in [0.15, 0.2) is 12.2 Å². The summed E-state index contributed by atoms with van der Waals surface area (Å²) in [6.45, 7) is 3.37. The number of fused-ring (bicyclic) bond motifs is 1. The van der Waals surface area contributed by atoms with Crippen LogP contribution in [0.4, 0.5) is 0 Å². The zero-order chi connectivity index (χ0) is 9.97. The van der Waals surface area contributed by atoms with Crippen molar-refractivity contribution in [3.8, 4) is 0 Å². The van der Waals surface area contributed by atoms with Crippen molar-refractivity contribution in [2.45, 2.75) is 38.2 Å². The number of aliphatic hydroxyl groups is 1. The fourth-order valence-corrected chi connectivity index (χ4v) is 1.98. The van der Waals surface area contributed by atoms with Gasteiger partial charge >= 0.3 is 0 Å². The molecule has 0 aromatic rings. The minimum atomic E-state index is -0.397. The van der Waals surface area contributed by atoms with Crippen LogP contribution in [0, 0.1) is 0 Å². The molecule has 0 radical (unpaired) electrons. The van der Waals surface area contributed by atoms with Gasteiger partial charge in [0.05, 0.1) is 12.1 Å². The highest BCUT2D eigenvalue weighted by Crippen LogP contribution is 2.25. The Labute approximate surface area is 84.1 Å². The van der Waals surface area contributed by atoms with Gasteiger partial charge in [0, 0.05) is 19.6 Å². The van der Waals surface area contributed by atoms with Crippen LogP contribution < -0.4 is 0 Å². The zero-order valence-corrected chi connectivity index (χ0v) is 8.43. The van der Waals surface area contributed by atoms with Crippen molar-refractivity contribution in [2.75, 3.05) is 13.2 Å². The quantitative estimate of drug-likeness (QED) is 0.664. The number of nitrogens with zero attached hydrogens (tertiary/aromatic N) is 1. The predicted octanol–water partition coefficient (Wildman–Crippen LogP) is 0.676. The number of hydrogen-bond donors (Lipinski definition) is 1. The molecule has 2 rings (SSSR count). The highest BCUT2D eigenvalue weighted by molar-refractivity contribution is 5.02. The molecule has 0 saturated carbocycles. The minimum absolute atomic E-state index is 0.108. The van der Waals surface area contributed by atoms with Crippen LogP contribution in [-0.4, -0.2) is 41.8 Å². The number of hydroxylamine groups is 2. The summed E-state index contributed by atoms with van der Waals surface area (Å²) in [5.74, 6) is 0. The van der Waals surface area contributed by atoms with Crippen LogP contribution in [-0.2, 0) is 9.57 Å². The van der Waals surface area contributed by atoms with E-state index in [1.165, 1.54) is 0 Å². The number of rotatable bonds is 2. The van der Waals surface area contributed by atoms with Gasteiger partial charge in [-0.3, -0.25) is 4.84 Å². The molecule has 1 fully saturated rings. The van der Waals surface area contributed by atoms with Crippen molar-refractivity contribution in [3.05, 3.63) is 12.2 Å². The first-order valence-electron chi connectivity index (χ1n) is 5.21. The van der Waals surface area contributed by atoms with Crippen LogP contribution in [0.3, 0.4) is 0 Å². The predicted molar refractivity (Wildman–Crippen MR) is 51.4 cm³/mol. The lowest BCUT2D eigenvalue weighted by Crippen LogP contribution is -2.51. The van der Waals surface area contributed by atoms with Crippen LogP contribution >= 0.6 is 0 Å². The van der Waals surface area contributed by atoms with Crippen LogP contribution in [0.5, 0.6) is 0 Å². The first-order chi connectivity index (χ1) is 6.81. The Kier molecular flexibility index (Phi) is 3.18. The Morgan fingerprint density at radius 1 is 1.57 bits per heavy atom. The van der Waals surface area contributed by atoms with Gasteiger partial charge in [0.15, 0.2) is 6.29 Å². The summed E-state index contributed by atoms with van der Waals surface area (Å²) in [5.41, 5.74) is 0. The number of aliphatic hydroxyl groups excluding tert-OH is 1. The van der Waals surface area contributed by atoms with Gasteiger partial charge in [0.2, 0.25) is 0 Å². The molecular weight excluding hydrogens is 182 g/mol. The van der Waals surface area contributed by atoms with E-state index in [-0.39, 0.29) is 12.3 Å². The molecule has 4 heteroatoms. The van der Waals surface area contributed by atoms with E-state index in [0.717, 1.165) is 19.4 Å². The molecule has 0 amide bonds. The largest absolute Gasteiger partial charge is 0.387 e. The van der Waals surface area contributed by atoms with Crippen LogP contribution in [0.25, 0.3) is 0 Å². The lowest BCUT2D eigenvalue weighted by atomic mass is 10.0. The van der Waals surface area contributed by atoms with E-state index in [9.17, 15) is 5.11 Å². The molecule has 14 heavy (non-hydrogen) atoms. The molecule has 0 bridgehead atoms. The molecule has 2 aliphatic heterocycles. The van der Waals surface area contributed by atoms with Gasteiger partial charge in [0.1, 0.15) is 0 Å². The summed E-state index contributed by atoms with van der Waals surface area (Å²) in [5, 5.41) is 11.5. The minimum Gasteiger partial charge on any atom is -0.387 e. The third-order valence-electron chi connectivity index (χ3n) is 2.69. The van der Waals surface area contributed by atoms with Gasteiger partial charge in [-0.2, -0.15) is 5.06 Å². The van der Waals surface area contributed by atoms with Crippen LogP contribution in [0.2, 0.25) is 0 Å². The van der Waals surface area contributed by atoms with Crippen molar-refractivity contribution in [1.82, 2.24) is 5.06 Å². The molecule has 1 saturated heterocycles. The Hall–Kier alpha value is -0.420. The third kappa shape index (κ3) is 1.98. The lowest BCUT2D eigenvalue weighted by molar-refractivity contribution is -0.324. The summed E-state index contributed by atoms with van der Waals surface area (Å²) in [4.78, 5) is 5.60. The van der Waals surface area contributed by atoms with Crippen LogP contribution in [0.1, 0.15) is 19.8 Å². The average Bonchev–Trinajstić information content (AvgIpc) is 2.18. The Balaban J connectivity index is 1.94. The van der Waals surface area contributed by atoms with E-state index in [1.54, 1.807) is 0 Å². The molecule has 1 N–H and O–H groups in total. The van der Waals surface area contributed by atoms with E-state index in [4.69, 9.17) is 9.57 Å². The smallest absolute Gasteiger partial charge is 0.177 e. The van der Waals surface area contributed by atoms with E-state index >= 15 is 0 Å². The van der Waals surface area contributed by atoms with Gasteiger partial charge in [-0.25, -0.2) is 0 Å². The molecule has 0 aromatic heterocycles. The summed E-state index contributed by atoms with van der Waals surface area (Å²) in [7, 11) is 0.